The number of halogens is 1. The second-order valence-corrected chi connectivity index (χ2v) is 5.97. The van der Waals surface area contributed by atoms with Crippen LogP contribution in [0.1, 0.15) is 11.1 Å². The van der Waals surface area contributed by atoms with E-state index in [0.717, 1.165) is 29.4 Å². The van der Waals surface area contributed by atoms with Gasteiger partial charge in [-0.05, 0) is 42.0 Å². The van der Waals surface area contributed by atoms with Crippen molar-refractivity contribution in [2.75, 3.05) is 12.5 Å². The van der Waals surface area contributed by atoms with Crippen LogP contribution in [0.4, 0.5) is 15.8 Å². The molecule has 0 heterocycles. The van der Waals surface area contributed by atoms with Gasteiger partial charge in [0.05, 0.1) is 23.9 Å². The summed E-state index contributed by atoms with van der Waals surface area (Å²) in [6, 6.07) is 17.9. The van der Waals surface area contributed by atoms with E-state index in [2.05, 4.69) is 10.5 Å². The summed E-state index contributed by atoms with van der Waals surface area (Å²) in [4.78, 5) is 10.5. The van der Waals surface area contributed by atoms with Gasteiger partial charge in [-0.2, -0.15) is 5.10 Å². The smallest absolute Gasteiger partial charge is 0.311 e. The summed E-state index contributed by atoms with van der Waals surface area (Å²) < 4.78 is 24.3. The molecule has 7 nitrogen and oxygen atoms in total. The summed E-state index contributed by atoms with van der Waals surface area (Å²) in [6.45, 7) is -0.0404. The predicted octanol–water partition coefficient (Wildman–Crippen LogP) is 4.77. The molecule has 1 N–H and O–H groups in total. The fourth-order valence-corrected chi connectivity index (χ4v) is 2.60. The first-order valence-electron chi connectivity index (χ1n) is 8.64. The van der Waals surface area contributed by atoms with E-state index >= 15 is 0 Å². The van der Waals surface area contributed by atoms with E-state index in [9.17, 15) is 14.5 Å². The minimum absolute atomic E-state index is 0.0404. The molecule has 0 spiro atoms. The van der Waals surface area contributed by atoms with Gasteiger partial charge in [0.15, 0.2) is 5.75 Å². The number of para-hydroxylation sites is 1. The van der Waals surface area contributed by atoms with Crippen LogP contribution in [-0.2, 0) is 6.61 Å². The van der Waals surface area contributed by atoms with Gasteiger partial charge in [0.2, 0.25) is 0 Å². The zero-order chi connectivity index (χ0) is 20.6. The van der Waals surface area contributed by atoms with E-state index in [0.29, 0.717) is 11.3 Å². The molecular formula is C21H18FN3O4. The van der Waals surface area contributed by atoms with Crippen LogP contribution >= 0.6 is 0 Å². The molecule has 0 unspecified atom stereocenters. The van der Waals surface area contributed by atoms with Gasteiger partial charge < -0.3 is 9.47 Å². The molecule has 0 aliphatic carbocycles. The van der Waals surface area contributed by atoms with E-state index in [1.165, 1.54) is 7.11 Å². The maximum Gasteiger partial charge on any atom is 0.311 e. The molecule has 0 amide bonds. The first-order chi connectivity index (χ1) is 14.1. The van der Waals surface area contributed by atoms with Gasteiger partial charge in [0.25, 0.3) is 0 Å². The molecule has 0 fully saturated rings. The molecule has 0 saturated heterocycles. The third-order valence-corrected chi connectivity index (χ3v) is 3.99. The zero-order valence-corrected chi connectivity index (χ0v) is 15.5. The first kappa shape index (κ1) is 19.8. The summed E-state index contributed by atoms with van der Waals surface area (Å²) in [5.74, 6) is -0.232. The van der Waals surface area contributed by atoms with Gasteiger partial charge in [0.1, 0.15) is 18.2 Å². The number of nitrogens with zero attached hydrogens (tertiary/aromatic N) is 2. The molecule has 3 aromatic carbocycles. The van der Waals surface area contributed by atoms with Crippen LogP contribution in [0.3, 0.4) is 0 Å². The predicted molar refractivity (Wildman–Crippen MR) is 108 cm³/mol. The highest BCUT2D eigenvalue weighted by atomic mass is 19.1. The van der Waals surface area contributed by atoms with Crippen LogP contribution < -0.4 is 14.9 Å². The van der Waals surface area contributed by atoms with Crippen molar-refractivity contribution in [2.24, 2.45) is 5.10 Å². The monoisotopic (exact) mass is 395 g/mol. The fraction of sp³-hybridized carbons (Fsp3) is 0.0952. The Morgan fingerprint density at radius 2 is 1.90 bits per heavy atom. The topological polar surface area (TPSA) is 86.0 Å². The van der Waals surface area contributed by atoms with Gasteiger partial charge in [-0.25, -0.2) is 4.39 Å². The second-order valence-electron chi connectivity index (χ2n) is 5.97. The molecule has 0 atom stereocenters. The van der Waals surface area contributed by atoms with Gasteiger partial charge in [0, 0.05) is 17.7 Å². The minimum atomic E-state index is -0.621. The summed E-state index contributed by atoms with van der Waals surface area (Å²) >= 11 is 0. The lowest BCUT2D eigenvalue weighted by molar-refractivity contribution is -0.386. The molecule has 3 aromatic rings. The van der Waals surface area contributed by atoms with Crippen molar-refractivity contribution in [3.63, 3.8) is 0 Å². The summed E-state index contributed by atoms with van der Waals surface area (Å²) in [7, 11) is 1.51. The highest BCUT2D eigenvalue weighted by Crippen LogP contribution is 2.29. The SMILES string of the molecule is COc1ccc(C=NNc2ccccc2)cc1COc1cc(F)ccc1[N+](=O)[O-]. The Morgan fingerprint density at radius 3 is 2.62 bits per heavy atom. The zero-order valence-electron chi connectivity index (χ0n) is 15.5. The van der Waals surface area contributed by atoms with Gasteiger partial charge >= 0.3 is 5.69 Å². The van der Waals surface area contributed by atoms with E-state index in [-0.39, 0.29) is 18.0 Å². The summed E-state index contributed by atoms with van der Waals surface area (Å²) in [5.41, 5.74) is 4.85. The molecule has 0 bridgehead atoms. The van der Waals surface area contributed by atoms with Crippen LogP contribution in [0.2, 0.25) is 0 Å². The second kappa shape index (κ2) is 9.32. The van der Waals surface area contributed by atoms with Crippen LogP contribution in [0.15, 0.2) is 71.8 Å². The Kier molecular flexibility index (Phi) is 6.36. The van der Waals surface area contributed by atoms with E-state index < -0.39 is 10.7 Å². The molecule has 148 valence electrons. The Balaban J connectivity index is 1.76. The number of hydrogen-bond donors (Lipinski definition) is 1. The summed E-state index contributed by atoms with van der Waals surface area (Å²) in [5, 5.41) is 15.3. The number of methoxy groups -OCH3 is 1. The minimum Gasteiger partial charge on any atom is -0.496 e. The van der Waals surface area contributed by atoms with E-state index in [1.807, 2.05) is 36.4 Å². The molecule has 0 aliphatic rings. The number of rotatable bonds is 8. The number of anilines is 1. The Labute approximate surface area is 166 Å². The molecule has 3 rings (SSSR count). The first-order valence-corrected chi connectivity index (χ1v) is 8.64. The molecular weight excluding hydrogens is 377 g/mol. The number of nitrogens with one attached hydrogen (secondary N) is 1. The fourth-order valence-electron chi connectivity index (χ4n) is 2.60. The third kappa shape index (κ3) is 5.29. The largest absolute Gasteiger partial charge is 0.496 e. The van der Waals surface area contributed by atoms with E-state index in [4.69, 9.17) is 9.47 Å². The Bertz CT molecular complexity index is 1030. The lowest BCUT2D eigenvalue weighted by atomic mass is 10.1. The van der Waals surface area contributed by atoms with Gasteiger partial charge in [-0.15, -0.1) is 0 Å². The Hall–Kier alpha value is -3.94. The van der Waals surface area contributed by atoms with Crippen LogP contribution in [0.5, 0.6) is 11.5 Å². The maximum atomic E-state index is 13.5. The average molecular weight is 395 g/mol. The van der Waals surface area contributed by atoms with Crippen molar-refractivity contribution in [3.05, 3.63) is 93.8 Å². The standard InChI is InChI=1S/C21H18FN3O4/c1-28-20-10-7-15(13-23-24-18-5-3-2-4-6-18)11-16(20)14-29-21-12-17(22)8-9-19(21)25(26)27/h2-13,24H,14H2,1H3. The molecule has 0 saturated carbocycles. The highest BCUT2D eigenvalue weighted by molar-refractivity contribution is 5.81. The summed E-state index contributed by atoms with van der Waals surface area (Å²) in [6.07, 6.45) is 1.63. The number of ether oxygens (including phenoxy) is 2. The Morgan fingerprint density at radius 1 is 1.10 bits per heavy atom. The molecule has 0 radical (unpaired) electrons. The molecule has 8 heteroatoms. The van der Waals surface area contributed by atoms with Crippen LogP contribution in [0.25, 0.3) is 0 Å². The van der Waals surface area contributed by atoms with Crippen molar-refractivity contribution >= 4 is 17.6 Å². The number of benzene rings is 3. The molecule has 0 aromatic heterocycles. The number of hydrogen-bond acceptors (Lipinski definition) is 6. The van der Waals surface area contributed by atoms with Crippen LogP contribution in [0, 0.1) is 15.9 Å². The lowest BCUT2D eigenvalue weighted by Crippen LogP contribution is -2.02. The van der Waals surface area contributed by atoms with Crippen LogP contribution in [-0.4, -0.2) is 18.2 Å². The molecule has 0 aliphatic heterocycles. The van der Waals surface area contributed by atoms with Gasteiger partial charge in [-0.1, -0.05) is 18.2 Å². The van der Waals surface area contributed by atoms with Gasteiger partial charge in [-0.3, -0.25) is 15.5 Å². The maximum absolute atomic E-state index is 13.5. The van der Waals surface area contributed by atoms with Crippen molar-refractivity contribution in [1.82, 2.24) is 0 Å². The lowest BCUT2D eigenvalue weighted by Gasteiger charge is -2.11. The normalized spacial score (nSPS) is 10.7. The van der Waals surface area contributed by atoms with Crippen molar-refractivity contribution in [1.29, 1.82) is 0 Å². The highest BCUT2D eigenvalue weighted by Gasteiger charge is 2.16. The van der Waals surface area contributed by atoms with Crippen molar-refractivity contribution < 1.29 is 18.8 Å². The number of hydrazone groups is 1. The average Bonchev–Trinajstić information content (AvgIpc) is 2.73. The third-order valence-electron chi connectivity index (χ3n) is 3.99. The number of nitro groups is 1. The molecule has 29 heavy (non-hydrogen) atoms. The van der Waals surface area contributed by atoms with E-state index in [1.54, 1.807) is 18.3 Å². The quantitative estimate of drug-likeness (QED) is 0.337. The number of nitro benzene ring substituents is 1. The van der Waals surface area contributed by atoms with Crippen molar-refractivity contribution in [2.45, 2.75) is 6.61 Å². The van der Waals surface area contributed by atoms with Crippen molar-refractivity contribution in [3.8, 4) is 11.5 Å².